The molecule has 0 rings (SSSR count). The number of nitrogens with one attached hydrogen (secondary N) is 1. The highest BCUT2D eigenvalue weighted by molar-refractivity contribution is 7.98. The minimum atomic E-state index is -1.01. The molecule has 1 amide bonds. The zero-order chi connectivity index (χ0) is 13.4. The van der Waals surface area contributed by atoms with Crippen molar-refractivity contribution in [2.75, 3.05) is 12.0 Å². The molecule has 0 fully saturated rings. The summed E-state index contributed by atoms with van der Waals surface area (Å²) in [6.07, 6.45) is 2.90. The summed E-state index contributed by atoms with van der Waals surface area (Å²) in [4.78, 5) is 22.6. The summed E-state index contributed by atoms with van der Waals surface area (Å²) in [5.41, 5.74) is 5.66. The Balaban J connectivity index is 4.25. The number of thioether (sulfide) groups is 1. The Labute approximate surface area is 107 Å². The van der Waals surface area contributed by atoms with Gasteiger partial charge in [-0.15, -0.1) is 0 Å². The maximum Gasteiger partial charge on any atom is 0.326 e. The standard InChI is InChI=1S/C11H22N2O3S/c1-7(2)6-9(11(15)16)13-10(14)8(12)4-5-17-3/h7-9H,4-6,12H2,1-3H3,(H,13,14)(H,15,16)/t8-,9-/m0/s1. The number of carboxylic acid groups (broad SMARTS) is 1. The number of carbonyl (C=O) groups is 2. The lowest BCUT2D eigenvalue weighted by atomic mass is 10.0. The highest BCUT2D eigenvalue weighted by atomic mass is 32.2. The van der Waals surface area contributed by atoms with E-state index in [1.165, 1.54) is 0 Å². The van der Waals surface area contributed by atoms with Crippen LogP contribution in [-0.2, 0) is 9.59 Å². The van der Waals surface area contributed by atoms with Gasteiger partial charge in [-0.2, -0.15) is 11.8 Å². The van der Waals surface area contributed by atoms with E-state index in [2.05, 4.69) is 5.32 Å². The van der Waals surface area contributed by atoms with Crippen LogP contribution in [0, 0.1) is 5.92 Å². The SMILES string of the molecule is CSCC[C@H](N)C(=O)N[C@@H](CC(C)C)C(=O)O. The van der Waals surface area contributed by atoms with Crippen LogP contribution in [0.4, 0.5) is 0 Å². The average molecular weight is 262 g/mol. The number of aliphatic carboxylic acids is 1. The van der Waals surface area contributed by atoms with Crippen molar-refractivity contribution in [2.45, 2.75) is 38.8 Å². The Bertz CT molecular complexity index is 259. The number of hydrogen-bond donors (Lipinski definition) is 3. The molecule has 100 valence electrons. The van der Waals surface area contributed by atoms with Crippen LogP contribution in [0.5, 0.6) is 0 Å². The summed E-state index contributed by atoms with van der Waals surface area (Å²) in [5.74, 6) is -0.397. The van der Waals surface area contributed by atoms with Crippen LogP contribution in [0.15, 0.2) is 0 Å². The molecule has 0 aliphatic heterocycles. The molecule has 6 heteroatoms. The first-order valence-corrected chi connectivity index (χ1v) is 7.05. The Hall–Kier alpha value is -0.750. The quantitative estimate of drug-likeness (QED) is 0.598. The molecule has 17 heavy (non-hydrogen) atoms. The predicted molar refractivity (Wildman–Crippen MR) is 70.0 cm³/mol. The summed E-state index contributed by atoms with van der Waals surface area (Å²) in [7, 11) is 0. The molecule has 0 aromatic heterocycles. The maximum atomic E-state index is 11.6. The van der Waals surface area contributed by atoms with E-state index in [1.54, 1.807) is 11.8 Å². The van der Waals surface area contributed by atoms with Crippen molar-refractivity contribution < 1.29 is 14.7 Å². The fraction of sp³-hybridized carbons (Fsp3) is 0.818. The second-order valence-electron chi connectivity index (χ2n) is 4.42. The largest absolute Gasteiger partial charge is 0.480 e. The molecule has 0 aromatic rings. The van der Waals surface area contributed by atoms with Gasteiger partial charge in [0.2, 0.25) is 5.91 Å². The first-order valence-electron chi connectivity index (χ1n) is 5.66. The van der Waals surface area contributed by atoms with Gasteiger partial charge >= 0.3 is 5.97 Å². The van der Waals surface area contributed by atoms with Crippen LogP contribution >= 0.6 is 11.8 Å². The van der Waals surface area contributed by atoms with E-state index in [0.29, 0.717) is 12.8 Å². The van der Waals surface area contributed by atoms with Gasteiger partial charge in [0.25, 0.3) is 0 Å². The minimum absolute atomic E-state index is 0.207. The van der Waals surface area contributed by atoms with Gasteiger partial charge in [0, 0.05) is 0 Å². The number of carbonyl (C=O) groups excluding carboxylic acids is 1. The van der Waals surface area contributed by atoms with E-state index in [4.69, 9.17) is 10.8 Å². The average Bonchev–Trinajstić information content (AvgIpc) is 2.23. The lowest BCUT2D eigenvalue weighted by Gasteiger charge is -2.19. The van der Waals surface area contributed by atoms with Gasteiger partial charge < -0.3 is 16.2 Å². The fourth-order valence-electron chi connectivity index (χ4n) is 1.35. The summed E-state index contributed by atoms with van der Waals surface area (Å²) < 4.78 is 0. The number of hydrogen-bond acceptors (Lipinski definition) is 4. The van der Waals surface area contributed by atoms with Gasteiger partial charge in [-0.3, -0.25) is 4.79 Å². The second kappa shape index (κ2) is 8.36. The molecule has 0 heterocycles. The van der Waals surface area contributed by atoms with Gasteiger partial charge in [-0.05, 0) is 30.8 Å². The van der Waals surface area contributed by atoms with Crippen molar-refractivity contribution >= 4 is 23.6 Å². The highest BCUT2D eigenvalue weighted by Crippen LogP contribution is 2.06. The third kappa shape index (κ3) is 7.23. The molecule has 0 saturated carbocycles. The first-order chi connectivity index (χ1) is 7.88. The molecule has 4 N–H and O–H groups in total. The van der Waals surface area contributed by atoms with Crippen molar-refractivity contribution in [3.63, 3.8) is 0 Å². The van der Waals surface area contributed by atoms with Crippen molar-refractivity contribution in [3.05, 3.63) is 0 Å². The Morgan fingerprint density at radius 2 is 2.00 bits per heavy atom. The molecular formula is C11H22N2O3S. The molecule has 0 aliphatic rings. The lowest BCUT2D eigenvalue weighted by Crippen LogP contribution is -2.49. The molecule has 0 aliphatic carbocycles. The summed E-state index contributed by atoms with van der Waals surface area (Å²) >= 11 is 1.61. The van der Waals surface area contributed by atoms with E-state index in [9.17, 15) is 9.59 Å². The summed E-state index contributed by atoms with van der Waals surface area (Å²) in [6.45, 7) is 3.82. The van der Waals surface area contributed by atoms with Gasteiger partial charge in [-0.1, -0.05) is 13.8 Å². The van der Waals surface area contributed by atoms with Crippen LogP contribution in [-0.4, -0.2) is 41.1 Å². The molecule has 0 saturated heterocycles. The topological polar surface area (TPSA) is 92.4 Å². The first kappa shape index (κ1) is 16.2. The van der Waals surface area contributed by atoms with Gasteiger partial charge in [0.15, 0.2) is 0 Å². The van der Waals surface area contributed by atoms with E-state index in [0.717, 1.165) is 5.75 Å². The van der Waals surface area contributed by atoms with E-state index in [-0.39, 0.29) is 11.8 Å². The Kier molecular flexibility index (Phi) is 7.99. The van der Waals surface area contributed by atoms with Crippen LogP contribution in [0.3, 0.4) is 0 Å². The highest BCUT2D eigenvalue weighted by Gasteiger charge is 2.23. The second-order valence-corrected chi connectivity index (χ2v) is 5.40. The molecule has 0 bridgehead atoms. The van der Waals surface area contributed by atoms with E-state index in [1.807, 2.05) is 20.1 Å². The van der Waals surface area contributed by atoms with E-state index >= 15 is 0 Å². The fourth-order valence-corrected chi connectivity index (χ4v) is 1.84. The van der Waals surface area contributed by atoms with Crippen LogP contribution in [0.2, 0.25) is 0 Å². The number of nitrogens with two attached hydrogens (primary N) is 1. The lowest BCUT2D eigenvalue weighted by molar-refractivity contribution is -0.142. The number of amides is 1. The zero-order valence-electron chi connectivity index (χ0n) is 10.6. The van der Waals surface area contributed by atoms with E-state index < -0.39 is 18.1 Å². The smallest absolute Gasteiger partial charge is 0.326 e. The van der Waals surface area contributed by atoms with Crippen LogP contribution < -0.4 is 11.1 Å². The van der Waals surface area contributed by atoms with Crippen molar-refractivity contribution in [1.29, 1.82) is 0 Å². The van der Waals surface area contributed by atoms with Crippen molar-refractivity contribution in [2.24, 2.45) is 11.7 Å². The van der Waals surface area contributed by atoms with Gasteiger partial charge in [0.05, 0.1) is 6.04 Å². The zero-order valence-corrected chi connectivity index (χ0v) is 11.4. The Morgan fingerprint density at radius 3 is 2.41 bits per heavy atom. The third-order valence-corrected chi connectivity index (χ3v) is 2.94. The van der Waals surface area contributed by atoms with Crippen molar-refractivity contribution in [3.8, 4) is 0 Å². The third-order valence-electron chi connectivity index (χ3n) is 2.29. The molecule has 0 aromatic carbocycles. The summed E-state index contributed by atoms with van der Waals surface area (Å²) in [6, 6.07) is -1.47. The molecule has 0 radical (unpaired) electrons. The normalized spacial score (nSPS) is 14.4. The monoisotopic (exact) mass is 262 g/mol. The Morgan fingerprint density at radius 1 is 1.41 bits per heavy atom. The number of rotatable bonds is 8. The predicted octanol–water partition coefficient (Wildman–Crippen LogP) is 0.682. The van der Waals surface area contributed by atoms with Gasteiger partial charge in [-0.25, -0.2) is 4.79 Å². The maximum absolute atomic E-state index is 11.6. The molecule has 0 unspecified atom stereocenters. The molecule has 0 spiro atoms. The van der Waals surface area contributed by atoms with Crippen LogP contribution in [0.25, 0.3) is 0 Å². The van der Waals surface area contributed by atoms with Crippen LogP contribution in [0.1, 0.15) is 26.7 Å². The molecule has 2 atom stereocenters. The molecule has 5 nitrogen and oxygen atoms in total. The summed E-state index contributed by atoms with van der Waals surface area (Å²) in [5, 5.41) is 11.5. The molecular weight excluding hydrogens is 240 g/mol. The number of carboxylic acids is 1. The van der Waals surface area contributed by atoms with Crippen molar-refractivity contribution in [1.82, 2.24) is 5.32 Å². The van der Waals surface area contributed by atoms with Gasteiger partial charge in [0.1, 0.15) is 6.04 Å². The minimum Gasteiger partial charge on any atom is -0.480 e.